The Morgan fingerprint density at radius 1 is 1.33 bits per heavy atom. The molecule has 0 aliphatic carbocycles. The molecule has 0 fully saturated rings. The van der Waals surface area contributed by atoms with Gasteiger partial charge in [0.25, 0.3) is 0 Å². The maximum atomic E-state index is 8.54. The van der Waals surface area contributed by atoms with Crippen molar-refractivity contribution in [1.29, 1.82) is 0 Å². The molecule has 0 aliphatic rings. The molecule has 0 aromatic rings. The van der Waals surface area contributed by atoms with E-state index in [-0.39, 0.29) is 50.2 Å². The predicted molar refractivity (Wildman–Crippen MR) is 12.2 cm³/mol. The van der Waals surface area contributed by atoms with E-state index < -0.39 is 14.5 Å². The number of hydrogen-bond donors (Lipinski definition) is 0. The van der Waals surface area contributed by atoms with Crippen molar-refractivity contribution in [1.82, 2.24) is 0 Å². The Hall–Kier alpha value is 1.85. The molecule has 0 spiro atoms. The van der Waals surface area contributed by atoms with Crippen molar-refractivity contribution in [2.45, 2.75) is 0 Å². The second-order valence-electron chi connectivity index (χ2n) is 0.204. The molecule has 0 unspecified atom stereocenters. The first-order valence-corrected chi connectivity index (χ1v) is 2.60. The molecule has 0 rings (SSSR count). The molecule has 3 nitrogen and oxygen atoms in total. The van der Waals surface area contributed by atoms with Crippen molar-refractivity contribution >= 4 is 40.7 Å². The first kappa shape index (κ1) is 15.7. The van der Waals surface area contributed by atoms with E-state index in [9.17, 15) is 0 Å². The van der Waals surface area contributed by atoms with Crippen LogP contribution in [0.1, 0.15) is 0 Å². The number of rotatable bonds is 0. The monoisotopic (exact) mass is 464 g/mol. The molecule has 0 saturated heterocycles. The average Bonchev–Trinajstić information content (AvgIpc) is 0.811. The third kappa shape index (κ3) is 40.2. The van der Waals surface area contributed by atoms with Gasteiger partial charge in [-0.3, -0.25) is 0 Å². The second-order valence-corrected chi connectivity index (χ2v) is 1.06. The fourth-order valence-electron chi connectivity index (χ4n) is 0. The van der Waals surface area contributed by atoms with Gasteiger partial charge in [-0.25, -0.2) is 0 Å². The van der Waals surface area contributed by atoms with Crippen LogP contribution in [0.5, 0.6) is 0 Å². The molecule has 6 heteroatoms. The van der Waals surface area contributed by atoms with Crippen molar-refractivity contribution in [2.24, 2.45) is 0 Å². The zero-order chi connectivity index (χ0) is 3.58. The van der Waals surface area contributed by atoms with Gasteiger partial charge < -0.3 is 24.0 Å². The summed E-state index contributed by atoms with van der Waals surface area (Å²) in [7, 11) is 0. The minimum absolute atomic E-state index is 0. The zero-order valence-corrected chi connectivity index (χ0v) is 9.81. The average molecular weight is 463 g/mol. The summed E-state index contributed by atoms with van der Waals surface area (Å²) in [4.78, 5) is 0. The van der Waals surface area contributed by atoms with Crippen molar-refractivity contribution in [3.8, 4) is 0 Å². The summed E-state index contributed by atoms with van der Waals surface area (Å²) in [5, 5.41) is 0. The minimum atomic E-state index is -3.79. The van der Waals surface area contributed by atoms with Gasteiger partial charge in [0.1, 0.15) is 0 Å². The van der Waals surface area contributed by atoms with Gasteiger partial charge in [0, 0.05) is 0 Å². The number of halogens is 1. The fraction of sp³-hybridized carbons (Fsp3) is 0. The summed E-state index contributed by atoms with van der Waals surface area (Å²) < 4.78 is 25.6. The molecular weight excluding hydrogens is 463 g/mol. The summed E-state index contributed by atoms with van der Waals surface area (Å²) in [5.74, 6) is 0. The Kier molecular flexibility index (Phi) is 26.0. The maximum Gasteiger partial charge on any atom is 3.00 e. The quantitative estimate of drug-likeness (QED) is 0.266. The molecule has 0 bridgehead atoms. The molecule has 0 aromatic carbocycles. The van der Waals surface area contributed by atoms with Crippen LogP contribution in [0.2, 0.25) is 0 Å². The van der Waals surface area contributed by atoms with Crippen LogP contribution >= 0.6 is 0 Å². The molecule has 6 heavy (non-hydrogen) atoms. The van der Waals surface area contributed by atoms with Crippen LogP contribution in [0.25, 0.3) is 0 Å². The summed E-state index contributed by atoms with van der Waals surface area (Å²) in [6, 6.07) is 0. The van der Waals surface area contributed by atoms with E-state index in [2.05, 4.69) is 0 Å². The molecule has 0 amide bonds. The Balaban J connectivity index is -0.0000000450. The molecular formula is BiIO3Se. The van der Waals surface area contributed by atoms with Crippen LogP contribution in [0.4, 0.5) is 0 Å². The Morgan fingerprint density at radius 3 is 1.33 bits per heavy atom. The summed E-state index contributed by atoms with van der Waals surface area (Å²) in [5.41, 5.74) is 0. The van der Waals surface area contributed by atoms with Crippen molar-refractivity contribution in [3.05, 3.63) is 0 Å². The first-order chi connectivity index (χ1) is 1.73. The van der Waals surface area contributed by atoms with Gasteiger partial charge in [-0.1, -0.05) is 0 Å². The number of hydrogen-bond acceptors (Lipinski definition) is 3. The zero-order valence-electron chi connectivity index (χ0n) is 2.46. The smallest absolute Gasteiger partial charge is 1.00 e. The molecule has 0 saturated carbocycles. The molecule has 0 aromatic heterocycles. The van der Waals surface area contributed by atoms with Gasteiger partial charge in [0.15, 0.2) is 0 Å². The molecule has 0 N–H and O–H groups in total. The Labute approximate surface area is 76.0 Å². The fourth-order valence-corrected chi connectivity index (χ4v) is 0. The van der Waals surface area contributed by atoms with Gasteiger partial charge in [0.2, 0.25) is 0 Å². The van der Waals surface area contributed by atoms with Crippen LogP contribution < -0.4 is 32.4 Å². The van der Waals surface area contributed by atoms with E-state index in [1.54, 1.807) is 0 Å². The van der Waals surface area contributed by atoms with E-state index in [1.807, 2.05) is 0 Å². The van der Waals surface area contributed by atoms with Crippen LogP contribution in [0.3, 0.4) is 0 Å². The van der Waals surface area contributed by atoms with Crippen LogP contribution in [-0.4, -0.2) is 40.7 Å². The Morgan fingerprint density at radius 2 is 1.33 bits per heavy atom. The molecule has 0 heterocycles. The van der Waals surface area contributed by atoms with Crippen LogP contribution in [-0.2, 0) is 3.83 Å². The van der Waals surface area contributed by atoms with Gasteiger partial charge in [-0.15, -0.1) is 0 Å². The third-order valence-corrected chi connectivity index (χ3v) is 0. The largest absolute Gasteiger partial charge is 3.00 e. The van der Waals surface area contributed by atoms with E-state index in [1.165, 1.54) is 0 Å². The molecule has 0 atom stereocenters. The van der Waals surface area contributed by atoms with Gasteiger partial charge in [0.05, 0.1) is 0 Å². The van der Waals surface area contributed by atoms with Crippen LogP contribution in [0, 0.1) is 0 Å². The van der Waals surface area contributed by atoms with Gasteiger partial charge in [-0.05, 0) is 0 Å². The van der Waals surface area contributed by atoms with Crippen LogP contribution in [0.15, 0.2) is 0 Å². The minimum Gasteiger partial charge on any atom is -1.00 e. The van der Waals surface area contributed by atoms with E-state index >= 15 is 0 Å². The van der Waals surface area contributed by atoms with Crippen molar-refractivity contribution in [2.75, 3.05) is 0 Å². The molecule has 0 aliphatic heterocycles. The SMILES string of the molecule is O=[Se]([O-])[O-].[Bi+3].[I-]. The normalized spacial score (nSPS) is 5.83. The standard InChI is InChI=1S/Bi.HI.H2O3Se/c;;1-4(2)3/h;1H;(H2,1,2,3)/q+3;;/p-3. The molecule has 36 valence electrons. The van der Waals surface area contributed by atoms with Gasteiger partial charge in [-0.2, -0.15) is 0 Å². The molecule has 2 radical (unpaired) electrons. The predicted octanol–water partition coefficient (Wildman–Crippen LogP) is -6.25. The topological polar surface area (TPSA) is 63.2 Å². The van der Waals surface area contributed by atoms with Crippen molar-refractivity contribution in [3.63, 3.8) is 0 Å². The van der Waals surface area contributed by atoms with E-state index in [4.69, 9.17) is 12.2 Å². The third-order valence-electron chi connectivity index (χ3n) is 0. The summed E-state index contributed by atoms with van der Waals surface area (Å²) in [6.07, 6.45) is 0. The van der Waals surface area contributed by atoms with E-state index in [0.717, 1.165) is 0 Å². The summed E-state index contributed by atoms with van der Waals surface area (Å²) in [6.45, 7) is 0. The maximum absolute atomic E-state index is 8.54. The Bertz CT molecular complexity index is 33.8. The summed E-state index contributed by atoms with van der Waals surface area (Å²) >= 11 is -3.79. The van der Waals surface area contributed by atoms with E-state index in [0.29, 0.717) is 0 Å². The first-order valence-electron chi connectivity index (χ1n) is 0.500. The van der Waals surface area contributed by atoms with Gasteiger partial charge >= 0.3 is 52.9 Å². The second kappa shape index (κ2) is 9.97. The van der Waals surface area contributed by atoms with Crippen molar-refractivity contribution < 1.29 is 36.2 Å².